The summed E-state index contributed by atoms with van der Waals surface area (Å²) < 4.78 is 11.5. The van der Waals surface area contributed by atoms with Crippen LogP contribution in [0, 0.1) is 0 Å². The molecule has 0 spiro atoms. The van der Waals surface area contributed by atoms with Crippen molar-refractivity contribution in [3.63, 3.8) is 0 Å². The summed E-state index contributed by atoms with van der Waals surface area (Å²) in [6.07, 6.45) is 2.22. The van der Waals surface area contributed by atoms with Crippen molar-refractivity contribution in [2.24, 2.45) is 9.32 Å². The number of aliphatic carboxylic acids is 1. The minimum atomic E-state index is -3.62. The summed E-state index contributed by atoms with van der Waals surface area (Å²) in [5, 5.41) is 17.5. The summed E-state index contributed by atoms with van der Waals surface area (Å²) in [6, 6.07) is 0. The van der Waals surface area contributed by atoms with Gasteiger partial charge in [0.1, 0.15) is 10.5 Å². The number of aliphatic hydroxyl groups excluding tert-OH is 1. The standard InChI is InChI=1S/C7H10N2O6Si2/c10-2-1-6(7(13)14)3-17(15-16,8-4-11)9-5-12/h3,10H,1-2H2,16H3,(H,13,14). The van der Waals surface area contributed by atoms with Crippen molar-refractivity contribution in [2.45, 2.75) is 6.42 Å². The lowest BCUT2D eigenvalue weighted by atomic mass is 10.2. The normalized spacial score (nSPS) is 14.3. The van der Waals surface area contributed by atoms with Gasteiger partial charge in [-0.2, -0.15) is 9.32 Å². The average molecular weight is 274 g/mol. The minimum absolute atomic E-state index is 0.0964. The van der Waals surface area contributed by atoms with Crippen LogP contribution < -0.4 is 0 Å². The van der Waals surface area contributed by atoms with E-state index in [-0.39, 0.29) is 22.5 Å². The van der Waals surface area contributed by atoms with E-state index in [1.165, 1.54) is 12.2 Å². The summed E-state index contributed by atoms with van der Waals surface area (Å²) in [5.74, 6) is -1.31. The SMILES string of the molecule is O=C=N[Si](C=C(CCO)C(=O)O)(N=C=O)O[SiH3]. The highest BCUT2D eigenvalue weighted by molar-refractivity contribution is 6.79. The van der Waals surface area contributed by atoms with Gasteiger partial charge >= 0.3 is 14.6 Å². The number of nitrogens with zero attached hydrogens (tertiary/aromatic N) is 2. The lowest BCUT2D eigenvalue weighted by molar-refractivity contribution is -0.132. The largest absolute Gasteiger partial charge is 0.494 e. The molecule has 0 bridgehead atoms. The Morgan fingerprint density at radius 1 is 1.41 bits per heavy atom. The van der Waals surface area contributed by atoms with Gasteiger partial charge in [0.25, 0.3) is 0 Å². The topological polar surface area (TPSA) is 126 Å². The number of hydrogen-bond donors (Lipinski definition) is 2. The maximum atomic E-state index is 10.8. The number of carboxylic acids is 1. The van der Waals surface area contributed by atoms with Crippen molar-refractivity contribution in [3.8, 4) is 0 Å². The Balaban J connectivity index is 5.58. The molecule has 0 aromatic rings. The molecule has 0 aliphatic carbocycles. The van der Waals surface area contributed by atoms with Crippen LogP contribution in [0.25, 0.3) is 0 Å². The Labute approximate surface area is 100 Å². The Bertz CT molecular complexity index is 393. The highest BCUT2D eigenvalue weighted by Gasteiger charge is 2.35. The van der Waals surface area contributed by atoms with Crippen LogP contribution in [0.4, 0.5) is 0 Å². The molecule has 0 aromatic carbocycles. The molecule has 92 valence electrons. The molecular formula is C7H10N2O6Si2. The number of isocyanates is 2. The Kier molecular flexibility index (Phi) is 6.83. The van der Waals surface area contributed by atoms with Crippen molar-refractivity contribution in [1.82, 2.24) is 0 Å². The second-order valence-corrected chi connectivity index (χ2v) is 6.40. The third kappa shape index (κ3) is 4.78. The number of rotatable bonds is 7. The first-order chi connectivity index (χ1) is 8.05. The second kappa shape index (κ2) is 7.57. The fourth-order valence-electron chi connectivity index (χ4n) is 0.959. The molecule has 0 aliphatic rings. The Hall–Kier alpha value is -1.68. The van der Waals surface area contributed by atoms with Crippen molar-refractivity contribution < 1.29 is 28.7 Å². The van der Waals surface area contributed by atoms with E-state index in [0.717, 1.165) is 5.70 Å². The first-order valence-corrected chi connectivity index (χ1v) is 7.04. The molecule has 0 heterocycles. The Morgan fingerprint density at radius 2 is 1.94 bits per heavy atom. The smallest absolute Gasteiger partial charge is 0.478 e. The maximum Gasteiger partial charge on any atom is 0.494 e. The molecule has 0 aliphatic heterocycles. The van der Waals surface area contributed by atoms with Crippen LogP contribution in [0.15, 0.2) is 20.6 Å². The lowest BCUT2D eigenvalue weighted by Crippen LogP contribution is -2.33. The molecule has 17 heavy (non-hydrogen) atoms. The van der Waals surface area contributed by atoms with Crippen LogP contribution in [-0.4, -0.2) is 54.1 Å². The van der Waals surface area contributed by atoms with Crippen molar-refractivity contribution in [1.29, 1.82) is 0 Å². The fraction of sp³-hybridized carbons (Fsp3) is 0.286. The molecule has 0 unspecified atom stereocenters. The molecule has 0 atom stereocenters. The van der Waals surface area contributed by atoms with Crippen LogP contribution in [0.1, 0.15) is 6.42 Å². The molecular weight excluding hydrogens is 264 g/mol. The van der Waals surface area contributed by atoms with Gasteiger partial charge in [0, 0.05) is 18.6 Å². The maximum absolute atomic E-state index is 10.8. The van der Waals surface area contributed by atoms with Crippen LogP contribution in [0.3, 0.4) is 0 Å². The molecule has 0 amide bonds. The molecule has 0 rings (SSSR count). The lowest BCUT2D eigenvalue weighted by Gasteiger charge is -2.13. The van der Waals surface area contributed by atoms with Crippen molar-refractivity contribution in [2.75, 3.05) is 6.61 Å². The molecule has 0 saturated heterocycles. The Morgan fingerprint density at radius 3 is 2.24 bits per heavy atom. The average Bonchev–Trinajstić information content (AvgIpc) is 2.28. The van der Waals surface area contributed by atoms with Gasteiger partial charge < -0.3 is 14.3 Å². The van der Waals surface area contributed by atoms with Gasteiger partial charge in [-0.15, -0.1) is 0 Å². The summed E-state index contributed by atoms with van der Waals surface area (Å²) in [6.45, 7) is -0.403. The third-order valence-electron chi connectivity index (χ3n) is 1.73. The number of carboxylic acid groups (broad SMARTS) is 1. The third-order valence-corrected chi connectivity index (χ3v) is 5.68. The summed E-state index contributed by atoms with van der Waals surface area (Å²) in [5.41, 5.74) is 0.766. The zero-order valence-electron chi connectivity index (χ0n) is 8.91. The predicted molar refractivity (Wildman–Crippen MR) is 60.4 cm³/mol. The van der Waals surface area contributed by atoms with Gasteiger partial charge in [-0.3, -0.25) is 0 Å². The van der Waals surface area contributed by atoms with Crippen molar-refractivity contribution >= 4 is 37.3 Å². The zero-order chi connectivity index (χ0) is 13.3. The monoisotopic (exact) mass is 274 g/mol. The summed E-state index contributed by atoms with van der Waals surface area (Å²) in [4.78, 5) is 31.3. The highest BCUT2D eigenvalue weighted by atomic mass is 28.4. The van der Waals surface area contributed by atoms with Gasteiger partial charge in [-0.05, 0) is 5.70 Å². The number of carbonyl (C=O) groups is 1. The van der Waals surface area contributed by atoms with Crippen LogP contribution >= 0.6 is 0 Å². The molecule has 0 saturated carbocycles. The van der Waals surface area contributed by atoms with E-state index >= 15 is 0 Å². The van der Waals surface area contributed by atoms with Crippen LogP contribution in [-0.2, 0) is 18.5 Å². The quantitative estimate of drug-likeness (QED) is 0.235. The predicted octanol–water partition coefficient (Wildman–Crippen LogP) is -2.17. The van der Waals surface area contributed by atoms with E-state index in [1.807, 2.05) is 0 Å². The van der Waals surface area contributed by atoms with Gasteiger partial charge in [0.05, 0.1) is 0 Å². The van der Waals surface area contributed by atoms with Crippen molar-refractivity contribution in [3.05, 3.63) is 11.3 Å². The zero-order valence-corrected chi connectivity index (χ0v) is 11.9. The van der Waals surface area contributed by atoms with Crippen LogP contribution in [0.5, 0.6) is 0 Å². The summed E-state index contributed by atoms with van der Waals surface area (Å²) in [7, 11) is -3.53. The first-order valence-electron chi connectivity index (χ1n) is 4.34. The number of hydrogen-bond acceptors (Lipinski definition) is 7. The second-order valence-electron chi connectivity index (χ2n) is 2.72. The van der Waals surface area contributed by atoms with Crippen LogP contribution in [0.2, 0.25) is 0 Å². The molecule has 2 N–H and O–H groups in total. The van der Waals surface area contributed by atoms with Gasteiger partial charge in [0.2, 0.25) is 12.2 Å². The van der Waals surface area contributed by atoms with Gasteiger partial charge in [0.15, 0.2) is 0 Å². The van der Waals surface area contributed by atoms with Gasteiger partial charge in [-0.25, -0.2) is 14.4 Å². The van der Waals surface area contributed by atoms with E-state index in [9.17, 15) is 14.4 Å². The van der Waals surface area contributed by atoms with E-state index in [0.29, 0.717) is 0 Å². The number of aliphatic hydroxyl groups is 1. The molecule has 0 fully saturated rings. The first kappa shape index (κ1) is 15.3. The summed E-state index contributed by atoms with van der Waals surface area (Å²) >= 11 is 0. The van der Waals surface area contributed by atoms with E-state index < -0.39 is 21.2 Å². The minimum Gasteiger partial charge on any atom is -0.478 e. The molecule has 8 nitrogen and oxygen atoms in total. The molecule has 0 aromatic heterocycles. The van der Waals surface area contributed by atoms with Gasteiger partial charge in [-0.1, -0.05) is 0 Å². The number of carbonyl (C=O) groups excluding carboxylic acids is 2. The molecule has 0 radical (unpaired) electrons. The van der Waals surface area contributed by atoms with E-state index in [2.05, 4.69) is 9.32 Å². The molecule has 10 heteroatoms. The fourth-order valence-corrected chi connectivity index (χ4v) is 3.32. The van der Waals surface area contributed by atoms with E-state index in [1.54, 1.807) is 0 Å². The van der Waals surface area contributed by atoms with E-state index in [4.69, 9.17) is 14.3 Å². The highest BCUT2D eigenvalue weighted by Crippen LogP contribution is 2.13.